The van der Waals surface area contributed by atoms with E-state index in [-0.39, 0.29) is 29.9 Å². The van der Waals surface area contributed by atoms with Crippen LogP contribution in [-0.4, -0.2) is 77.6 Å². The van der Waals surface area contributed by atoms with Gasteiger partial charge in [0.2, 0.25) is 0 Å². The summed E-state index contributed by atoms with van der Waals surface area (Å²) in [7, 11) is 3.45. The maximum atomic E-state index is 13.7. The zero-order valence-electron chi connectivity index (χ0n) is 23.7. The summed E-state index contributed by atoms with van der Waals surface area (Å²) in [5.74, 6) is 0.0862. The van der Waals surface area contributed by atoms with Gasteiger partial charge in [0.25, 0.3) is 11.8 Å². The van der Waals surface area contributed by atoms with Crippen molar-refractivity contribution in [1.82, 2.24) is 19.8 Å². The number of thiazole rings is 1. The van der Waals surface area contributed by atoms with Crippen molar-refractivity contribution in [3.8, 4) is 5.75 Å². The van der Waals surface area contributed by atoms with Crippen LogP contribution in [0.5, 0.6) is 5.75 Å². The van der Waals surface area contributed by atoms with E-state index in [1.165, 1.54) is 11.3 Å². The van der Waals surface area contributed by atoms with Crippen LogP contribution in [0, 0.1) is 5.92 Å². The number of rotatable bonds is 5. The lowest BCUT2D eigenvalue weighted by Crippen LogP contribution is -2.46. The maximum absolute atomic E-state index is 13.7. The lowest BCUT2D eigenvalue weighted by Gasteiger charge is -2.36. The number of nitrogens with one attached hydrogen (secondary N) is 1. The lowest BCUT2D eigenvalue weighted by molar-refractivity contribution is 0.00920. The summed E-state index contributed by atoms with van der Waals surface area (Å²) in [5, 5.41) is 3.26. The minimum Gasteiger partial charge on any atom is -0.491 e. The van der Waals surface area contributed by atoms with Crippen molar-refractivity contribution in [2.24, 2.45) is 5.92 Å². The number of likely N-dealkylation sites (N-methyl/N-ethyl adjacent to an activating group) is 1. The summed E-state index contributed by atoms with van der Waals surface area (Å²) < 4.78 is 13.1. The number of hydrogen-bond donors (Lipinski definition) is 1. The quantitative estimate of drug-likeness (QED) is 0.361. The van der Waals surface area contributed by atoms with Crippen LogP contribution in [0.15, 0.2) is 67.0 Å². The van der Waals surface area contributed by atoms with Crippen LogP contribution in [0.25, 0.3) is 10.2 Å². The van der Waals surface area contributed by atoms with Crippen LogP contribution in [0.1, 0.15) is 39.6 Å². The van der Waals surface area contributed by atoms with E-state index in [1.807, 2.05) is 36.5 Å². The molecule has 0 saturated carbocycles. The number of ether oxygens (including phenoxy) is 2. The lowest BCUT2D eigenvalue weighted by atomic mass is 10.0. The number of para-hydroxylation sites is 1. The van der Waals surface area contributed by atoms with E-state index in [2.05, 4.69) is 40.1 Å². The highest BCUT2D eigenvalue weighted by atomic mass is 32.1. The molecule has 1 N–H and O–H groups in total. The molecule has 0 aliphatic carbocycles. The Balaban J connectivity index is 1.41. The van der Waals surface area contributed by atoms with Gasteiger partial charge in [-0.05, 0) is 54.8 Å². The highest BCUT2D eigenvalue weighted by molar-refractivity contribution is 7.20. The third kappa shape index (κ3) is 6.73. The Bertz CT molecular complexity index is 1480. The van der Waals surface area contributed by atoms with Gasteiger partial charge in [-0.1, -0.05) is 25.1 Å². The van der Waals surface area contributed by atoms with Gasteiger partial charge in [0.05, 0.1) is 21.9 Å². The summed E-state index contributed by atoms with van der Waals surface area (Å²) in [5.41, 5.74) is 2.77. The van der Waals surface area contributed by atoms with Crippen molar-refractivity contribution in [2.45, 2.75) is 32.5 Å². The molecular weight excluding hydrogens is 538 g/mol. The maximum Gasteiger partial charge on any atom is 0.284 e. The molecule has 0 bridgehead atoms. The van der Waals surface area contributed by atoms with E-state index in [0.29, 0.717) is 35.2 Å². The van der Waals surface area contributed by atoms with Crippen LogP contribution in [0.4, 0.5) is 5.69 Å². The van der Waals surface area contributed by atoms with Crippen molar-refractivity contribution in [1.29, 1.82) is 0 Å². The number of fused-ring (bicyclic) bond motifs is 2. The Hall–Kier alpha value is -3.86. The van der Waals surface area contributed by atoms with E-state index in [4.69, 9.17) is 9.47 Å². The summed E-state index contributed by atoms with van der Waals surface area (Å²) in [4.78, 5) is 39.5. The average Bonchev–Trinajstić information content (AvgIpc) is 3.43. The first-order valence-electron chi connectivity index (χ1n) is 13.7. The smallest absolute Gasteiger partial charge is 0.284 e. The molecule has 41 heavy (non-hydrogen) atoms. The number of anilines is 1. The number of carbonyl (C=O) groups excluding carboxylic acids is 2. The molecule has 1 aliphatic rings. The molecule has 0 unspecified atom stereocenters. The number of nitrogens with zero attached hydrogens (tertiary/aromatic N) is 4. The molecule has 1 aliphatic heterocycles. The molecule has 2 aromatic carbocycles. The van der Waals surface area contributed by atoms with Crippen LogP contribution in [0.3, 0.4) is 0 Å². The Morgan fingerprint density at radius 3 is 2.73 bits per heavy atom. The standard InChI is InChI=1S/C31H35N5O4S/c1-20-16-36(17-22-8-7-13-32-15-22)21(2)19-40-26-12-11-23(14-24(26)31(38)35(3)18-27(20)39-4)33-29(37)30-34-25-9-5-6-10-28(25)41-30/h5-15,20-21,27H,16-19H2,1-4H3,(H,33,37)/t20-,21-,27+/m1/s1. The Morgan fingerprint density at radius 2 is 1.98 bits per heavy atom. The molecule has 9 nitrogen and oxygen atoms in total. The van der Waals surface area contributed by atoms with Gasteiger partial charge in [0, 0.05) is 57.9 Å². The first-order valence-corrected chi connectivity index (χ1v) is 14.5. The predicted molar refractivity (Wildman–Crippen MR) is 161 cm³/mol. The number of aromatic nitrogens is 2. The van der Waals surface area contributed by atoms with Crippen molar-refractivity contribution in [2.75, 3.05) is 39.2 Å². The SMILES string of the molecule is CO[C@H]1CN(C)C(=O)c2cc(NC(=O)c3nc4ccccc4s3)ccc2OC[C@@H](C)N(Cc2cccnc2)C[C@H]1C. The van der Waals surface area contributed by atoms with Gasteiger partial charge < -0.3 is 19.7 Å². The molecule has 10 heteroatoms. The van der Waals surface area contributed by atoms with Gasteiger partial charge in [-0.2, -0.15) is 0 Å². The number of methoxy groups -OCH3 is 1. The molecule has 0 fully saturated rings. The van der Waals surface area contributed by atoms with E-state index in [1.54, 1.807) is 43.5 Å². The number of pyridine rings is 1. The minimum atomic E-state index is -0.325. The van der Waals surface area contributed by atoms with Crippen LogP contribution in [0.2, 0.25) is 0 Å². The monoisotopic (exact) mass is 573 g/mol. The van der Waals surface area contributed by atoms with Gasteiger partial charge in [-0.3, -0.25) is 19.5 Å². The summed E-state index contributed by atoms with van der Waals surface area (Å²) in [6, 6.07) is 16.9. The normalized spacial score (nSPS) is 20.5. The van der Waals surface area contributed by atoms with E-state index >= 15 is 0 Å². The molecule has 4 aromatic rings. The molecule has 214 valence electrons. The predicted octanol–water partition coefficient (Wildman–Crippen LogP) is 4.95. The van der Waals surface area contributed by atoms with E-state index < -0.39 is 0 Å². The second kappa shape index (κ2) is 12.8. The Morgan fingerprint density at radius 1 is 1.15 bits per heavy atom. The van der Waals surface area contributed by atoms with Crippen molar-refractivity contribution in [3.05, 3.63) is 83.1 Å². The first-order chi connectivity index (χ1) is 19.8. The molecule has 3 atom stereocenters. The minimum absolute atomic E-state index is 0.0497. The van der Waals surface area contributed by atoms with E-state index in [9.17, 15) is 9.59 Å². The van der Waals surface area contributed by atoms with Crippen molar-refractivity contribution in [3.63, 3.8) is 0 Å². The Labute approximate surface area is 244 Å². The molecule has 2 amide bonds. The molecule has 0 radical (unpaired) electrons. The molecular formula is C31H35N5O4S. The van der Waals surface area contributed by atoms with Crippen LogP contribution < -0.4 is 10.1 Å². The van der Waals surface area contributed by atoms with Gasteiger partial charge in [-0.15, -0.1) is 11.3 Å². The third-order valence-electron chi connectivity index (χ3n) is 7.43. The fourth-order valence-electron chi connectivity index (χ4n) is 5.03. The fraction of sp³-hybridized carbons (Fsp3) is 0.355. The van der Waals surface area contributed by atoms with Gasteiger partial charge in [0.1, 0.15) is 12.4 Å². The topological polar surface area (TPSA) is 96.9 Å². The summed E-state index contributed by atoms with van der Waals surface area (Å²) in [6.07, 6.45) is 3.49. The zero-order chi connectivity index (χ0) is 28.9. The fourth-order valence-corrected chi connectivity index (χ4v) is 5.89. The number of carbonyl (C=O) groups is 2. The first kappa shape index (κ1) is 28.7. The molecule has 3 heterocycles. The highest BCUT2D eigenvalue weighted by Crippen LogP contribution is 2.28. The number of amides is 2. The van der Waals surface area contributed by atoms with Gasteiger partial charge >= 0.3 is 0 Å². The molecule has 2 aromatic heterocycles. The Kier molecular flexibility index (Phi) is 8.92. The highest BCUT2D eigenvalue weighted by Gasteiger charge is 2.29. The van der Waals surface area contributed by atoms with Crippen molar-refractivity contribution >= 4 is 39.1 Å². The molecule has 0 saturated heterocycles. The van der Waals surface area contributed by atoms with Crippen LogP contribution in [-0.2, 0) is 11.3 Å². The van der Waals surface area contributed by atoms with Gasteiger partial charge in [0.15, 0.2) is 5.01 Å². The summed E-state index contributed by atoms with van der Waals surface area (Å²) in [6.45, 7) is 6.54. The molecule has 5 rings (SSSR count). The second-order valence-corrected chi connectivity index (χ2v) is 11.6. The van der Waals surface area contributed by atoms with Crippen LogP contribution >= 0.6 is 11.3 Å². The zero-order valence-corrected chi connectivity index (χ0v) is 24.6. The largest absolute Gasteiger partial charge is 0.491 e. The second-order valence-electron chi connectivity index (χ2n) is 10.5. The average molecular weight is 574 g/mol. The van der Waals surface area contributed by atoms with Crippen molar-refractivity contribution < 1.29 is 19.1 Å². The number of hydrogen-bond acceptors (Lipinski definition) is 8. The van der Waals surface area contributed by atoms with Gasteiger partial charge in [-0.25, -0.2) is 4.98 Å². The molecule has 0 spiro atoms. The summed E-state index contributed by atoms with van der Waals surface area (Å²) >= 11 is 1.33. The number of benzene rings is 2. The van der Waals surface area contributed by atoms with E-state index in [0.717, 1.165) is 28.9 Å². The third-order valence-corrected chi connectivity index (χ3v) is 8.46.